The first kappa shape index (κ1) is 16.8. The van der Waals surface area contributed by atoms with E-state index in [9.17, 15) is 0 Å². The highest BCUT2D eigenvalue weighted by Gasteiger charge is 1.90. The molecule has 0 unspecified atom stereocenters. The molecule has 0 aliphatic carbocycles. The van der Waals surface area contributed by atoms with Crippen molar-refractivity contribution in [3.8, 4) is 0 Å². The molecule has 0 aromatic rings. The van der Waals surface area contributed by atoms with Gasteiger partial charge < -0.3 is 26.2 Å². The van der Waals surface area contributed by atoms with Crippen molar-refractivity contribution in [2.24, 2.45) is 0 Å². The number of rotatable bonds is 13. The minimum atomic E-state index is 1.04. The molecular formula is C12H31N5. The smallest absolute Gasteiger partial charge is 0.0101 e. The van der Waals surface area contributed by atoms with Gasteiger partial charge >= 0.3 is 0 Å². The SMILES string of the molecule is CCNCCNCCNCCNCCN(C)C. The molecule has 5 nitrogen and oxygen atoms in total. The highest BCUT2D eigenvalue weighted by molar-refractivity contribution is 4.56. The summed E-state index contributed by atoms with van der Waals surface area (Å²) in [7, 11) is 4.19. The second-order valence-corrected chi connectivity index (χ2v) is 4.41. The first-order chi connectivity index (χ1) is 8.27. The number of nitrogens with zero attached hydrogens (tertiary/aromatic N) is 1. The van der Waals surface area contributed by atoms with Gasteiger partial charge in [0.1, 0.15) is 0 Å². The van der Waals surface area contributed by atoms with E-state index in [1.165, 1.54) is 0 Å². The Bertz CT molecular complexity index is 141. The molecule has 0 aromatic carbocycles. The summed E-state index contributed by atoms with van der Waals surface area (Å²) in [5.41, 5.74) is 0. The summed E-state index contributed by atoms with van der Waals surface area (Å²) in [6.45, 7) is 11.6. The maximum Gasteiger partial charge on any atom is 0.0101 e. The molecule has 0 rings (SSSR count). The topological polar surface area (TPSA) is 51.4 Å². The average molecular weight is 245 g/mol. The van der Waals surface area contributed by atoms with Crippen molar-refractivity contribution >= 4 is 0 Å². The van der Waals surface area contributed by atoms with Crippen LogP contribution in [0, 0.1) is 0 Å². The van der Waals surface area contributed by atoms with Crippen molar-refractivity contribution in [2.75, 3.05) is 73.0 Å². The highest BCUT2D eigenvalue weighted by Crippen LogP contribution is 1.69. The van der Waals surface area contributed by atoms with Gasteiger partial charge in [-0.1, -0.05) is 6.92 Å². The van der Waals surface area contributed by atoms with Crippen LogP contribution in [0.5, 0.6) is 0 Å². The molecule has 0 heterocycles. The number of hydrogen-bond donors (Lipinski definition) is 4. The zero-order valence-corrected chi connectivity index (χ0v) is 11.8. The van der Waals surface area contributed by atoms with Gasteiger partial charge in [-0.25, -0.2) is 0 Å². The molecule has 0 spiro atoms. The Hall–Kier alpha value is -0.200. The van der Waals surface area contributed by atoms with Gasteiger partial charge in [-0.2, -0.15) is 0 Å². The lowest BCUT2D eigenvalue weighted by Crippen LogP contribution is -2.36. The molecule has 104 valence electrons. The van der Waals surface area contributed by atoms with Crippen LogP contribution in [-0.4, -0.2) is 77.9 Å². The summed E-state index contributed by atoms with van der Waals surface area (Å²) in [6, 6.07) is 0. The van der Waals surface area contributed by atoms with Crippen molar-refractivity contribution in [1.82, 2.24) is 26.2 Å². The maximum absolute atomic E-state index is 3.41. The second kappa shape index (κ2) is 13.9. The molecule has 0 amide bonds. The third-order valence-electron chi connectivity index (χ3n) is 2.42. The molecule has 5 heteroatoms. The van der Waals surface area contributed by atoms with Gasteiger partial charge in [-0.05, 0) is 20.6 Å². The van der Waals surface area contributed by atoms with Crippen LogP contribution in [-0.2, 0) is 0 Å². The van der Waals surface area contributed by atoms with Gasteiger partial charge in [0.15, 0.2) is 0 Å². The summed E-state index contributed by atoms with van der Waals surface area (Å²) in [6.07, 6.45) is 0. The molecule has 0 atom stereocenters. The lowest BCUT2D eigenvalue weighted by atomic mass is 10.5. The van der Waals surface area contributed by atoms with Crippen LogP contribution in [0.15, 0.2) is 0 Å². The van der Waals surface area contributed by atoms with Crippen LogP contribution < -0.4 is 21.3 Å². The number of likely N-dealkylation sites (N-methyl/N-ethyl adjacent to an activating group) is 2. The average Bonchev–Trinajstić information content (AvgIpc) is 2.30. The molecule has 0 bridgehead atoms. The van der Waals surface area contributed by atoms with Crippen LogP contribution in [0.1, 0.15) is 6.92 Å². The van der Waals surface area contributed by atoms with E-state index in [1.807, 2.05) is 0 Å². The van der Waals surface area contributed by atoms with E-state index in [-0.39, 0.29) is 0 Å². The molecule has 17 heavy (non-hydrogen) atoms. The monoisotopic (exact) mass is 245 g/mol. The maximum atomic E-state index is 3.41. The Labute approximate surface area is 107 Å². The molecule has 0 saturated heterocycles. The Morgan fingerprint density at radius 2 is 1.06 bits per heavy atom. The molecular weight excluding hydrogens is 214 g/mol. The summed E-state index contributed by atoms with van der Waals surface area (Å²) < 4.78 is 0. The predicted octanol–water partition coefficient (Wildman–Crippen LogP) is -1.07. The van der Waals surface area contributed by atoms with E-state index in [0.29, 0.717) is 0 Å². The quantitative estimate of drug-likeness (QED) is 0.311. The van der Waals surface area contributed by atoms with Crippen molar-refractivity contribution in [2.45, 2.75) is 6.92 Å². The van der Waals surface area contributed by atoms with Crippen molar-refractivity contribution in [1.29, 1.82) is 0 Å². The largest absolute Gasteiger partial charge is 0.316 e. The van der Waals surface area contributed by atoms with Crippen LogP contribution in [0.2, 0.25) is 0 Å². The van der Waals surface area contributed by atoms with Crippen LogP contribution >= 0.6 is 0 Å². The standard InChI is InChI=1S/C12H31N5/c1-4-13-5-6-14-7-8-15-9-10-16-11-12-17(2)3/h13-16H,4-12H2,1-3H3. The number of nitrogens with one attached hydrogen (secondary N) is 4. The van der Waals surface area contributed by atoms with Crippen molar-refractivity contribution in [3.05, 3.63) is 0 Å². The third kappa shape index (κ3) is 15.8. The van der Waals surface area contributed by atoms with Crippen molar-refractivity contribution in [3.63, 3.8) is 0 Å². The van der Waals surface area contributed by atoms with Gasteiger partial charge in [0, 0.05) is 52.4 Å². The zero-order chi connectivity index (χ0) is 12.8. The first-order valence-electron chi connectivity index (χ1n) is 6.75. The lowest BCUT2D eigenvalue weighted by Gasteiger charge is -2.11. The fourth-order valence-electron chi connectivity index (χ4n) is 1.38. The van der Waals surface area contributed by atoms with Crippen LogP contribution in [0.4, 0.5) is 0 Å². The van der Waals surface area contributed by atoms with Crippen molar-refractivity contribution < 1.29 is 0 Å². The van der Waals surface area contributed by atoms with Gasteiger partial charge in [-0.3, -0.25) is 0 Å². The Kier molecular flexibility index (Phi) is 13.7. The van der Waals surface area contributed by atoms with Crippen LogP contribution in [0.3, 0.4) is 0 Å². The van der Waals surface area contributed by atoms with E-state index >= 15 is 0 Å². The van der Waals surface area contributed by atoms with E-state index in [1.54, 1.807) is 0 Å². The lowest BCUT2D eigenvalue weighted by molar-refractivity contribution is 0.399. The fourth-order valence-corrected chi connectivity index (χ4v) is 1.38. The summed E-state index contributed by atoms with van der Waals surface area (Å²) in [5.74, 6) is 0. The third-order valence-corrected chi connectivity index (χ3v) is 2.42. The number of hydrogen-bond acceptors (Lipinski definition) is 5. The van der Waals surface area contributed by atoms with Gasteiger partial charge in [-0.15, -0.1) is 0 Å². The Morgan fingerprint density at radius 1 is 0.647 bits per heavy atom. The zero-order valence-electron chi connectivity index (χ0n) is 11.8. The molecule has 0 aliphatic rings. The Morgan fingerprint density at radius 3 is 1.47 bits per heavy atom. The summed E-state index contributed by atoms with van der Waals surface area (Å²) in [4.78, 5) is 2.19. The molecule has 0 saturated carbocycles. The first-order valence-corrected chi connectivity index (χ1v) is 6.75. The molecule has 0 radical (unpaired) electrons. The van der Waals surface area contributed by atoms with Gasteiger partial charge in [0.05, 0.1) is 0 Å². The van der Waals surface area contributed by atoms with E-state index in [4.69, 9.17) is 0 Å². The minimum Gasteiger partial charge on any atom is -0.316 e. The predicted molar refractivity (Wildman–Crippen MR) is 75.7 cm³/mol. The Balaban J connectivity index is 2.89. The highest BCUT2D eigenvalue weighted by atomic mass is 15.1. The molecule has 4 N–H and O–H groups in total. The summed E-state index contributed by atoms with van der Waals surface area (Å²) >= 11 is 0. The van der Waals surface area contributed by atoms with E-state index < -0.39 is 0 Å². The summed E-state index contributed by atoms with van der Waals surface area (Å²) in [5, 5.41) is 13.5. The normalized spacial score (nSPS) is 11.3. The molecule has 0 aliphatic heterocycles. The van der Waals surface area contributed by atoms with Crippen LogP contribution in [0.25, 0.3) is 0 Å². The fraction of sp³-hybridized carbons (Fsp3) is 1.00. The second-order valence-electron chi connectivity index (χ2n) is 4.41. The van der Waals surface area contributed by atoms with Gasteiger partial charge in [0.2, 0.25) is 0 Å². The van der Waals surface area contributed by atoms with E-state index in [2.05, 4.69) is 47.2 Å². The van der Waals surface area contributed by atoms with E-state index in [0.717, 1.165) is 58.9 Å². The van der Waals surface area contributed by atoms with Gasteiger partial charge in [0.25, 0.3) is 0 Å². The minimum absolute atomic E-state index is 1.04. The molecule has 0 aromatic heterocycles. The molecule has 0 fully saturated rings.